The van der Waals surface area contributed by atoms with Crippen molar-refractivity contribution < 1.29 is 4.42 Å². The van der Waals surface area contributed by atoms with Crippen molar-refractivity contribution in [3.05, 3.63) is 75.1 Å². The summed E-state index contributed by atoms with van der Waals surface area (Å²) in [7, 11) is 0. The summed E-state index contributed by atoms with van der Waals surface area (Å²) in [5.41, 5.74) is 4.18. The van der Waals surface area contributed by atoms with Gasteiger partial charge in [-0.3, -0.25) is 4.79 Å². The molecule has 1 heterocycles. The van der Waals surface area contributed by atoms with Gasteiger partial charge in [-0.2, -0.15) is 0 Å². The highest BCUT2D eigenvalue weighted by molar-refractivity contribution is 6.31. The number of aryl methyl sites for hydroxylation is 1. The molecule has 0 atom stereocenters. The summed E-state index contributed by atoms with van der Waals surface area (Å²) in [6.07, 6.45) is 5.03. The Labute approximate surface area is 132 Å². The highest BCUT2D eigenvalue weighted by atomic mass is 35.5. The predicted octanol–water partition coefficient (Wildman–Crippen LogP) is 4.99. The summed E-state index contributed by atoms with van der Waals surface area (Å²) in [4.78, 5) is 13.0. The van der Waals surface area contributed by atoms with Crippen molar-refractivity contribution in [3.63, 3.8) is 0 Å². The zero-order valence-electron chi connectivity index (χ0n) is 11.8. The molecule has 1 aliphatic rings. The third-order valence-electron chi connectivity index (χ3n) is 4.10. The normalized spacial score (nSPS) is 13.8. The van der Waals surface area contributed by atoms with Gasteiger partial charge in [-0.15, -0.1) is 0 Å². The average Bonchev–Trinajstić information content (AvgIpc) is 2.55. The van der Waals surface area contributed by atoms with Gasteiger partial charge >= 0.3 is 0 Å². The molecule has 0 N–H and O–H groups in total. The molecular weight excluding hydrogens is 296 g/mol. The fourth-order valence-corrected chi connectivity index (χ4v) is 3.22. The lowest BCUT2D eigenvalue weighted by Crippen LogP contribution is -2.10. The van der Waals surface area contributed by atoms with Crippen molar-refractivity contribution >= 4 is 28.6 Å². The Bertz CT molecular complexity index is 952. The second-order valence-electron chi connectivity index (χ2n) is 5.44. The maximum atomic E-state index is 13.0. The number of benzene rings is 2. The molecule has 0 fully saturated rings. The molecule has 2 aromatic carbocycles. The molecule has 108 valence electrons. The minimum Gasteiger partial charge on any atom is -0.463 e. The monoisotopic (exact) mass is 308 g/mol. The molecule has 0 unspecified atom stereocenters. The minimum absolute atomic E-state index is 0.0238. The molecular formula is C19H13ClO2. The van der Waals surface area contributed by atoms with Gasteiger partial charge in [0, 0.05) is 5.03 Å². The number of hydrogen-bond acceptors (Lipinski definition) is 2. The number of halogens is 1. The van der Waals surface area contributed by atoms with E-state index in [2.05, 4.69) is 0 Å². The lowest BCUT2D eigenvalue weighted by Gasteiger charge is -2.15. The zero-order chi connectivity index (χ0) is 15.1. The van der Waals surface area contributed by atoms with E-state index in [0.717, 1.165) is 34.6 Å². The van der Waals surface area contributed by atoms with E-state index < -0.39 is 0 Å². The lowest BCUT2D eigenvalue weighted by atomic mass is 9.92. The summed E-state index contributed by atoms with van der Waals surface area (Å²) >= 11 is 6.12. The van der Waals surface area contributed by atoms with Gasteiger partial charge in [0.25, 0.3) is 0 Å². The number of fused-ring (bicyclic) bond motifs is 3. The molecule has 0 radical (unpaired) electrons. The Morgan fingerprint density at radius 2 is 1.82 bits per heavy atom. The molecule has 4 rings (SSSR count). The van der Waals surface area contributed by atoms with Gasteiger partial charge in [0.05, 0.1) is 10.9 Å². The van der Waals surface area contributed by atoms with Crippen molar-refractivity contribution in [1.82, 2.24) is 0 Å². The van der Waals surface area contributed by atoms with E-state index >= 15 is 0 Å². The van der Waals surface area contributed by atoms with Gasteiger partial charge in [0.1, 0.15) is 11.8 Å². The number of rotatable bonds is 1. The van der Waals surface area contributed by atoms with Crippen LogP contribution in [0.5, 0.6) is 0 Å². The average molecular weight is 309 g/mol. The van der Waals surface area contributed by atoms with E-state index in [9.17, 15) is 4.79 Å². The van der Waals surface area contributed by atoms with Crippen molar-refractivity contribution in [2.45, 2.75) is 12.8 Å². The fraction of sp³-hybridized carbons (Fsp3) is 0.105. The van der Waals surface area contributed by atoms with Crippen molar-refractivity contribution in [2.75, 3.05) is 0 Å². The van der Waals surface area contributed by atoms with Crippen LogP contribution in [0.3, 0.4) is 0 Å². The van der Waals surface area contributed by atoms with Crippen molar-refractivity contribution in [2.24, 2.45) is 0 Å². The Kier molecular flexibility index (Phi) is 3.12. The number of allylic oxidation sites excluding steroid dienone is 1. The summed E-state index contributed by atoms with van der Waals surface area (Å²) in [5.74, 6) is 0. The van der Waals surface area contributed by atoms with Crippen LogP contribution in [0, 0.1) is 0 Å². The van der Waals surface area contributed by atoms with Gasteiger partial charge in [-0.25, -0.2) is 0 Å². The Balaban J connectivity index is 2.05. The van der Waals surface area contributed by atoms with E-state index in [1.165, 1.54) is 0 Å². The Hall–Kier alpha value is -2.32. The maximum absolute atomic E-state index is 13.0. The van der Waals surface area contributed by atoms with Crippen LogP contribution in [0.15, 0.2) is 63.0 Å². The Morgan fingerprint density at radius 3 is 2.64 bits per heavy atom. The second-order valence-corrected chi connectivity index (χ2v) is 5.93. The van der Waals surface area contributed by atoms with Crippen LogP contribution in [-0.2, 0) is 6.42 Å². The predicted molar refractivity (Wildman–Crippen MR) is 90.1 cm³/mol. The van der Waals surface area contributed by atoms with Gasteiger partial charge in [-0.05, 0) is 41.7 Å². The van der Waals surface area contributed by atoms with Crippen LogP contribution in [0.1, 0.15) is 17.5 Å². The fourth-order valence-electron chi connectivity index (χ4n) is 3.01. The number of hydrogen-bond donors (Lipinski definition) is 0. The molecule has 3 aromatic rings. The third-order valence-corrected chi connectivity index (χ3v) is 4.40. The highest BCUT2D eigenvalue weighted by Gasteiger charge is 2.17. The summed E-state index contributed by atoms with van der Waals surface area (Å²) in [6.45, 7) is 0. The van der Waals surface area contributed by atoms with E-state index in [1.54, 1.807) is 6.26 Å². The van der Waals surface area contributed by atoms with Crippen LogP contribution in [-0.4, -0.2) is 0 Å². The van der Waals surface area contributed by atoms with E-state index in [-0.39, 0.29) is 5.43 Å². The quantitative estimate of drug-likeness (QED) is 0.634. The standard InChI is InChI=1S/C19H13ClO2/c20-14-7-8-15-13(10-14)6-9-17-18(15)19(21)16(11-22-17)12-4-2-1-3-5-12/h1-6,9-11H,7-8H2. The van der Waals surface area contributed by atoms with Crippen LogP contribution in [0.2, 0.25) is 0 Å². The van der Waals surface area contributed by atoms with Crippen molar-refractivity contribution in [1.29, 1.82) is 0 Å². The van der Waals surface area contributed by atoms with E-state index in [0.29, 0.717) is 16.5 Å². The SMILES string of the molecule is O=c1c(-c2ccccc2)coc2ccc3c(c12)CCC(Cl)=C3. The molecule has 1 aliphatic carbocycles. The van der Waals surface area contributed by atoms with Crippen LogP contribution < -0.4 is 5.43 Å². The van der Waals surface area contributed by atoms with Gasteiger partial charge < -0.3 is 4.42 Å². The first-order chi connectivity index (χ1) is 10.7. The first-order valence-electron chi connectivity index (χ1n) is 7.23. The van der Waals surface area contributed by atoms with Gasteiger partial charge in [0.15, 0.2) is 0 Å². The molecule has 0 aliphatic heterocycles. The highest BCUT2D eigenvalue weighted by Crippen LogP contribution is 2.31. The molecule has 3 heteroatoms. The Morgan fingerprint density at radius 1 is 1.00 bits per heavy atom. The molecule has 0 amide bonds. The first-order valence-corrected chi connectivity index (χ1v) is 7.61. The lowest BCUT2D eigenvalue weighted by molar-refractivity contribution is 0.604. The van der Waals surface area contributed by atoms with E-state index in [4.69, 9.17) is 16.0 Å². The van der Waals surface area contributed by atoms with Crippen LogP contribution >= 0.6 is 11.6 Å². The van der Waals surface area contributed by atoms with Gasteiger partial charge in [-0.1, -0.05) is 48.0 Å². The largest absolute Gasteiger partial charge is 0.463 e. The smallest absolute Gasteiger partial charge is 0.200 e. The zero-order valence-corrected chi connectivity index (χ0v) is 12.6. The van der Waals surface area contributed by atoms with Gasteiger partial charge in [0.2, 0.25) is 5.43 Å². The van der Waals surface area contributed by atoms with Crippen LogP contribution in [0.4, 0.5) is 0 Å². The maximum Gasteiger partial charge on any atom is 0.200 e. The van der Waals surface area contributed by atoms with Crippen LogP contribution in [0.25, 0.3) is 28.2 Å². The molecule has 2 nitrogen and oxygen atoms in total. The third kappa shape index (κ3) is 2.08. The van der Waals surface area contributed by atoms with E-state index in [1.807, 2.05) is 48.5 Å². The first kappa shape index (κ1) is 13.4. The van der Waals surface area contributed by atoms with Crippen molar-refractivity contribution in [3.8, 4) is 11.1 Å². The molecule has 0 bridgehead atoms. The summed E-state index contributed by atoms with van der Waals surface area (Å²) in [5, 5.41) is 1.51. The molecule has 0 spiro atoms. The summed E-state index contributed by atoms with van der Waals surface area (Å²) < 4.78 is 5.72. The topological polar surface area (TPSA) is 30.2 Å². The summed E-state index contributed by atoms with van der Waals surface area (Å²) in [6, 6.07) is 13.4. The second kappa shape index (κ2) is 5.15. The minimum atomic E-state index is 0.0238. The molecule has 22 heavy (non-hydrogen) atoms. The molecule has 0 saturated carbocycles. The molecule has 1 aromatic heterocycles. The molecule has 0 saturated heterocycles.